The first kappa shape index (κ1) is 35.1. The van der Waals surface area contributed by atoms with Gasteiger partial charge in [-0.05, 0) is 23.4 Å². The zero-order chi connectivity index (χ0) is 31.9. The van der Waals surface area contributed by atoms with E-state index in [1.165, 1.54) is 12.3 Å². The Morgan fingerprint density at radius 3 is 2.17 bits per heavy atom. The molecule has 1 aliphatic rings. The van der Waals surface area contributed by atoms with Crippen molar-refractivity contribution in [1.29, 1.82) is 0 Å². The van der Waals surface area contributed by atoms with E-state index < -0.39 is 72.4 Å². The summed E-state index contributed by atoms with van der Waals surface area (Å²) in [5, 5.41) is 10.8. The van der Waals surface area contributed by atoms with Gasteiger partial charge in [-0.25, -0.2) is 9.59 Å². The van der Waals surface area contributed by atoms with Crippen LogP contribution in [0.15, 0.2) is 22.2 Å². The van der Waals surface area contributed by atoms with Gasteiger partial charge < -0.3 is 36.5 Å². The molecule has 1 aromatic rings. The monoisotopic (exact) mass is 594 g/mol. The van der Waals surface area contributed by atoms with Crippen LogP contribution in [0.2, 0.25) is 0 Å². The van der Waals surface area contributed by atoms with Gasteiger partial charge >= 0.3 is 29.8 Å². The van der Waals surface area contributed by atoms with E-state index >= 15 is 0 Å². The molecule has 1 saturated heterocycles. The summed E-state index contributed by atoms with van der Waals surface area (Å²) in [7, 11) is 0. The highest BCUT2D eigenvalue weighted by Crippen LogP contribution is 2.44. The molecule has 1 aromatic heterocycles. The molecular weight excluding hydrogens is 561 g/mol. The van der Waals surface area contributed by atoms with Gasteiger partial charge in [0.25, 0.3) is 0 Å². The van der Waals surface area contributed by atoms with E-state index in [2.05, 4.69) is 15.0 Å². The molecule has 2 heterocycles. The number of esters is 2. The van der Waals surface area contributed by atoms with Crippen molar-refractivity contribution in [3.05, 3.63) is 33.2 Å². The lowest BCUT2D eigenvalue weighted by molar-refractivity contribution is -0.192. The van der Waals surface area contributed by atoms with Crippen molar-refractivity contribution < 1.29 is 46.9 Å². The van der Waals surface area contributed by atoms with E-state index in [9.17, 15) is 33.1 Å². The van der Waals surface area contributed by atoms with Crippen LogP contribution >= 0.6 is 0 Å². The van der Waals surface area contributed by atoms with Gasteiger partial charge in [-0.1, -0.05) is 39.7 Å². The fraction of sp³-hybridized carbons (Fsp3) is 0.682. The largest absolute Gasteiger partial charge is 0.490 e. The zero-order valence-electron chi connectivity index (χ0n) is 22.8. The molecule has 230 valence electrons. The number of carbonyl (C=O) groups excluding carboxylic acids is 2. The number of aromatic nitrogens is 2. The van der Waals surface area contributed by atoms with Crippen molar-refractivity contribution in [1.82, 2.24) is 9.55 Å². The van der Waals surface area contributed by atoms with Crippen LogP contribution in [0.3, 0.4) is 0 Å². The predicted octanol–water partition coefficient (Wildman–Crippen LogP) is 1.05. The number of carboxylic acids is 1. The second-order valence-electron chi connectivity index (χ2n) is 9.75. The van der Waals surface area contributed by atoms with E-state index in [0.717, 1.165) is 4.57 Å². The Labute approximate surface area is 231 Å². The molecule has 0 spiro atoms. The molecule has 16 nitrogen and oxygen atoms in total. The number of azide groups is 1. The Hall–Kier alpha value is -3.93. The highest BCUT2D eigenvalue weighted by atomic mass is 19.4. The number of halogens is 3. The molecular formula is C22H33F3N8O8. The number of nitrogens with two attached hydrogens (primary N) is 3. The molecule has 19 heteroatoms. The lowest BCUT2D eigenvalue weighted by atomic mass is 9.97. The number of hydrogen-bond donors (Lipinski definition) is 4. The summed E-state index contributed by atoms with van der Waals surface area (Å²) in [5.74, 6) is -5.53. The summed E-state index contributed by atoms with van der Waals surface area (Å²) < 4.78 is 49.8. The number of rotatable bonds is 9. The predicted molar refractivity (Wildman–Crippen MR) is 134 cm³/mol. The average molecular weight is 595 g/mol. The number of ether oxygens (including phenoxy) is 3. The number of hydrogen-bond acceptors (Lipinski definition) is 12. The molecule has 0 bridgehead atoms. The third-order valence-electron chi connectivity index (χ3n) is 5.92. The maximum atomic E-state index is 12.7. The van der Waals surface area contributed by atoms with Gasteiger partial charge in [0.05, 0.1) is 0 Å². The number of carbonyl (C=O) groups is 3. The number of nitrogen functional groups attached to an aromatic ring is 1. The lowest BCUT2D eigenvalue weighted by Crippen LogP contribution is -2.50. The molecule has 0 amide bonds. The molecule has 0 radical (unpaired) electrons. The van der Waals surface area contributed by atoms with Crippen LogP contribution < -0.4 is 22.9 Å². The van der Waals surface area contributed by atoms with Crippen molar-refractivity contribution in [3.8, 4) is 0 Å². The van der Waals surface area contributed by atoms with E-state index in [-0.39, 0.29) is 17.7 Å². The summed E-state index contributed by atoms with van der Waals surface area (Å²) in [5.41, 5.74) is 23.9. The lowest BCUT2D eigenvalue weighted by Gasteiger charge is -2.31. The molecule has 41 heavy (non-hydrogen) atoms. The summed E-state index contributed by atoms with van der Waals surface area (Å²) in [4.78, 5) is 52.9. The Kier molecular flexibility index (Phi) is 12.1. The first-order valence-corrected chi connectivity index (χ1v) is 12.1. The fourth-order valence-electron chi connectivity index (χ4n) is 3.39. The molecule has 1 fully saturated rings. The van der Waals surface area contributed by atoms with Gasteiger partial charge in [-0.15, -0.1) is 0 Å². The SMILES string of the molecule is CC(C)[C@H](N)C(=O)OCC1(N=[N+]=[N-])O[C@@H](n2ccc(N)nc2=O)[C@H](C)[C@@H]1OC(=O)[C@@H](N)C(C)C.O=C(O)C(F)(F)F. The first-order valence-electron chi connectivity index (χ1n) is 12.1. The van der Waals surface area contributed by atoms with Crippen molar-refractivity contribution >= 4 is 23.7 Å². The van der Waals surface area contributed by atoms with E-state index in [4.69, 9.17) is 41.3 Å². The normalized spacial score (nSPS) is 23.6. The molecule has 0 saturated carbocycles. The number of carboxylic acid groups (broad SMARTS) is 1. The quantitative estimate of drug-likeness (QED) is 0.135. The van der Waals surface area contributed by atoms with Crippen LogP contribution in [0.1, 0.15) is 40.8 Å². The van der Waals surface area contributed by atoms with Gasteiger partial charge in [0, 0.05) is 17.0 Å². The van der Waals surface area contributed by atoms with Gasteiger partial charge in [-0.3, -0.25) is 14.2 Å². The van der Waals surface area contributed by atoms with Gasteiger partial charge in [0.1, 0.15) is 36.8 Å². The minimum absolute atomic E-state index is 0.00398. The van der Waals surface area contributed by atoms with Crippen LogP contribution in [-0.2, 0) is 28.6 Å². The number of alkyl halides is 3. The third kappa shape index (κ3) is 9.04. The van der Waals surface area contributed by atoms with Crippen LogP contribution in [0.5, 0.6) is 0 Å². The van der Waals surface area contributed by atoms with Gasteiger partial charge in [-0.2, -0.15) is 18.2 Å². The maximum Gasteiger partial charge on any atom is 0.490 e. The fourth-order valence-corrected chi connectivity index (χ4v) is 3.39. The Bertz CT molecular complexity index is 1200. The number of anilines is 1. The topological polar surface area (TPSA) is 261 Å². The second kappa shape index (κ2) is 14.1. The Morgan fingerprint density at radius 2 is 1.73 bits per heavy atom. The van der Waals surface area contributed by atoms with E-state index in [0.29, 0.717) is 0 Å². The van der Waals surface area contributed by atoms with Crippen LogP contribution in [0.25, 0.3) is 10.4 Å². The smallest absolute Gasteiger partial charge is 0.475 e. The number of aliphatic carboxylic acids is 1. The number of nitrogens with zero attached hydrogens (tertiary/aromatic N) is 5. The van der Waals surface area contributed by atoms with Crippen LogP contribution in [-0.4, -0.2) is 69.3 Å². The highest BCUT2D eigenvalue weighted by molar-refractivity contribution is 5.76. The summed E-state index contributed by atoms with van der Waals surface area (Å²) >= 11 is 0. The van der Waals surface area contributed by atoms with Crippen LogP contribution in [0.4, 0.5) is 19.0 Å². The van der Waals surface area contributed by atoms with Gasteiger partial charge in [0.15, 0.2) is 0 Å². The highest BCUT2D eigenvalue weighted by Gasteiger charge is 2.58. The van der Waals surface area contributed by atoms with E-state index in [1.54, 1.807) is 34.6 Å². The zero-order valence-corrected chi connectivity index (χ0v) is 22.8. The third-order valence-corrected chi connectivity index (χ3v) is 5.92. The summed E-state index contributed by atoms with van der Waals surface area (Å²) in [6.07, 6.45) is -6.10. The Balaban J connectivity index is 0.00000106. The summed E-state index contributed by atoms with van der Waals surface area (Å²) in [6.45, 7) is 7.93. The molecule has 0 aromatic carbocycles. The van der Waals surface area contributed by atoms with Crippen molar-refractivity contribution in [2.75, 3.05) is 12.3 Å². The second-order valence-corrected chi connectivity index (χ2v) is 9.75. The van der Waals surface area contributed by atoms with Gasteiger partial charge in [0.2, 0.25) is 5.72 Å². The van der Waals surface area contributed by atoms with Crippen LogP contribution in [0, 0.1) is 17.8 Å². The van der Waals surface area contributed by atoms with E-state index in [1.807, 2.05) is 0 Å². The van der Waals surface area contributed by atoms with Crippen molar-refractivity contribution in [3.63, 3.8) is 0 Å². The molecule has 1 aliphatic heterocycles. The molecule has 6 atom stereocenters. The minimum atomic E-state index is -5.08. The first-order chi connectivity index (χ1) is 18.8. The molecule has 2 rings (SSSR count). The average Bonchev–Trinajstić information content (AvgIpc) is 3.12. The summed E-state index contributed by atoms with van der Waals surface area (Å²) in [6, 6.07) is -0.549. The molecule has 0 aliphatic carbocycles. The Morgan fingerprint density at radius 1 is 1.22 bits per heavy atom. The minimum Gasteiger partial charge on any atom is -0.475 e. The molecule has 1 unspecified atom stereocenters. The van der Waals surface area contributed by atoms with Crippen molar-refractivity contribution in [2.24, 2.45) is 34.3 Å². The molecule has 7 N–H and O–H groups in total. The standard InChI is InChI=1S/C20H32N8O6.C2HF3O2/c1-9(2)13(22)17(29)32-8-20(26-27-24)15(33-18(30)14(23)10(3)4)11(5)16(34-20)28-7-6-12(21)25-19(28)31;3-2(4,5)1(6)7/h6-7,9-11,13-16H,8,22-23H2,1-5H3,(H2,21,25,31);(H,6,7)/t11-,13+,14+,15+,16-,20?;/m1./s1. The maximum absolute atomic E-state index is 12.7. The van der Waals surface area contributed by atoms with Crippen molar-refractivity contribution in [2.45, 2.75) is 70.9 Å².